The quantitative estimate of drug-likeness (QED) is 0.669. The summed E-state index contributed by atoms with van der Waals surface area (Å²) >= 11 is 1.21. The average molecular weight is 274 g/mol. The normalized spacial score (nSPS) is 24.7. The molecule has 0 bridgehead atoms. The maximum Gasteiger partial charge on any atom is 0.324 e. The van der Waals surface area contributed by atoms with Gasteiger partial charge in [0.25, 0.3) is 0 Å². The Morgan fingerprint density at radius 1 is 1.47 bits per heavy atom. The summed E-state index contributed by atoms with van der Waals surface area (Å²) < 4.78 is 11.2. The minimum absolute atomic E-state index is 0.187. The van der Waals surface area contributed by atoms with Gasteiger partial charge in [0.15, 0.2) is 0 Å². The van der Waals surface area contributed by atoms with Gasteiger partial charge in [-0.15, -0.1) is 0 Å². The topological polar surface area (TPSA) is 72.2 Å². The van der Waals surface area contributed by atoms with Gasteiger partial charge in [-0.3, -0.25) is 14.3 Å². The number of nitrogens with zero attached hydrogens (tertiary/aromatic N) is 1. The van der Waals surface area contributed by atoms with Crippen LogP contribution in [0.5, 0.6) is 0 Å². The molecule has 1 aliphatic heterocycles. The molecule has 1 fully saturated rings. The van der Waals surface area contributed by atoms with E-state index in [0.717, 1.165) is 29.2 Å². The molecule has 0 atom stereocenters. The highest BCUT2D eigenvalue weighted by molar-refractivity contribution is 7.85. The van der Waals surface area contributed by atoms with Gasteiger partial charge in [-0.05, 0) is 18.9 Å². The zero-order valence-corrected chi connectivity index (χ0v) is 10.9. The molecule has 7 heteroatoms. The van der Waals surface area contributed by atoms with Gasteiger partial charge in [0, 0.05) is 45.8 Å². The lowest BCUT2D eigenvalue weighted by Crippen LogP contribution is -2.35. The summed E-state index contributed by atoms with van der Waals surface area (Å²) in [7, 11) is -0.638. The molecule has 0 radical (unpaired) electrons. The second-order valence-electron chi connectivity index (χ2n) is 4.00. The molecule has 17 heavy (non-hydrogen) atoms. The van der Waals surface area contributed by atoms with E-state index >= 15 is 0 Å². The molecule has 1 saturated heterocycles. The van der Waals surface area contributed by atoms with Gasteiger partial charge >= 0.3 is 5.00 Å². The summed E-state index contributed by atoms with van der Waals surface area (Å²) in [6, 6.07) is 3.72. The SMILES string of the molecule is O=[N+]([O-])c1ccc(CNC2CCS(=O)CC2)s1. The van der Waals surface area contributed by atoms with Crippen LogP contribution in [0, 0.1) is 10.1 Å². The fourth-order valence-corrected chi connectivity index (χ4v) is 3.87. The Morgan fingerprint density at radius 3 is 2.76 bits per heavy atom. The highest BCUT2D eigenvalue weighted by Crippen LogP contribution is 2.24. The summed E-state index contributed by atoms with van der Waals surface area (Å²) in [5, 5.41) is 14.1. The minimum atomic E-state index is -0.638. The fourth-order valence-electron chi connectivity index (χ4n) is 1.80. The number of nitro groups is 1. The molecule has 1 N–H and O–H groups in total. The Balaban J connectivity index is 1.81. The molecule has 5 nitrogen and oxygen atoms in total. The highest BCUT2D eigenvalue weighted by Gasteiger charge is 2.17. The molecule has 2 rings (SSSR count). The molecule has 0 unspecified atom stereocenters. The van der Waals surface area contributed by atoms with Crippen LogP contribution in [-0.2, 0) is 17.3 Å². The van der Waals surface area contributed by atoms with Crippen molar-refractivity contribution in [2.24, 2.45) is 0 Å². The van der Waals surface area contributed by atoms with Crippen LogP contribution in [0.1, 0.15) is 17.7 Å². The maximum absolute atomic E-state index is 11.2. The lowest BCUT2D eigenvalue weighted by atomic mass is 10.1. The fraction of sp³-hybridized carbons (Fsp3) is 0.600. The summed E-state index contributed by atoms with van der Waals surface area (Å²) in [6.45, 7) is 0.663. The Kier molecular flexibility index (Phi) is 4.25. The largest absolute Gasteiger partial charge is 0.324 e. The van der Waals surface area contributed by atoms with Crippen LogP contribution in [0.25, 0.3) is 0 Å². The predicted octanol–water partition coefficient (Wildman–Crippen LogP) is 1.66. The molecule has 0 aromatic carbocycles. The summed E-state index contributed by atoms with van der Waals surface area (Å²) in [5.41, 5.74) is 0. The van der Waals surface area contributed by atoms with Crippen molar-refractivity contribution in [3.63, 3.8) is 0 Å². The summed E-state index contributed by atoms with van der Waals surface area (Å²) in [5.74, 6) is 1.53. The molecule has 0 aliphatic carbocycles. The first-order chi connectivity index (χ1) is 8.15. The molecule has 2 heterocycles. The molecule has 0 saturated carbocycles. The monoisotopic (exact) mass is 274 g/mol. The standard InChI is InChI=1S/C10H14N2O3S2/c13-12(14)10-2-1-9(16-10)7-11-8-3-5-17(15)6-4-8/h1-2,8,11H,3-7H2. The second kappa shape index (κ2) is 5.70. The number of thiophene rings is 1. The van der Waals surface area contributed by atoms with Gasteiger partial charge in [0.2, 0.25) is 0 Å². The van der Waals surface area contributed by atoms with Crippen LogP contribution in [0.2, 0.25) is 0 Å². The van der Waals surface area contributed by atoms with E-state index in [0.29, 0.717) is 12.6 Å². The lowest BCUT2D eigenvalue weighted by molar-refractivity contribution is -0.380. The van der Waals surface area contributed by atoms with Crippen molar-refractivity contribution < 1.29 is 9.13 Å². The van der Waals surface area contributed by atoms with E-state index in [9.17, 15) is 14.3 Å². The Hall–Kier alpha value is -0.790. The molecule has 94 valence electrons. The van der Waals surface area contributed by atoms with Crippen LogP contribution in [0.15, 0.2) is 12.1 Å². The lowest BCUT2D eigenvalue weighted by Gasteiger charge is -2.22. The van der Waals surface area contributed by atoms with E-state index < -0.39 is 10.8 Å². The first-order valence-corrected chi connectivity index (χ1v) is 7.77. The van der Waals surface area contributed by atoms with Gasteiger partial charge in [-0.25, -0.2) is 0 Å². The third-order valence-corrected chi connectivity index (χ3v) is 5.20. The molecular formula is C10H14N2O3S2. The van der Waals surface area contributed by atoms with Crippen LogP contribution < -0.4 is 5.32 Å². The molecule has 0 spiro atoms. The maximum atomic E-state index is 11.2. The van der Waals surface area contributed by atoms with Crippen LogP contribution in [-0.4, -0.2) is 26.7 Å². The molecule has 1 aliphatic rings. The Bertz CT molecular complexity index is 423. The van der Waals surface area contributed by atoms with Crippen molar-refractivity contribution in [2.45, 2.75) is 25.4 Å². The van der Waals surface area contributed by atoms with Gasteiger partial charge in [0.1, 0.15) is 0 Å². The number of hydrogen-bond donors (Lipinski definition) is 1. The first-order valence-electron chi connectivity index (χ1n) is 5.46. The van der Waals surface area contributed by atoms with Gasteiger partial charge in [0.05, 0.1) is 4.92 Å². The van der Waals surface area contributed by atoms with E-state index in [1.807, 2.05) is 0 Å². The second-order valence-corrected chi connectivity index (χ2v) is 6.84. The summed E-state index contributed by atoms with van der Waals surface area (Å²) in [6.07, 6.45) is 1.86. The third-order valence-electron chi connectivity index (χ3n) is 2.78. The molecule has 0 amide bonds. The Labute approximate surface area is 106 Å². The van der Waals surface area contributed by atoms with E-state index in [-0.39, 0.29) is 9.92 Å². The predicted molar refractivity (Wildman–Crippen MR) is 68.7 cm³/mol. The van der Waals surface area contributed by atoms with Gasteiger partial charge in [-0.2, -0.15) is 0 Å². The van der Waals surface area contributed by atoms with E-state index in [1.165, 1.54) is 17.4 Å². The first kappa shape index (κ1) is 12.7. The van der Waals surface area contributed by atoms with Crippen LogP contribution in [0.3, 0.4) is 0 Å². The minimum Gasteiger partial charge on any atom is -0.309 e. The zero-order chi connectivity index (χ0) is 12.3. The molecule has 1 aromatic heterocycles. The number of hydrogen-bond acceptors (Lipinski definition) is 5. The van der Waals surface area contributed by atoms with E-state index in [2.05, 4.69) is 5.32 Å². The van der Waals surface area contributed by atoms with Crippen molar-refractivity contribution in [3.05, 3.63) is 27.1 Å². The Morgan fingerprint density at radius 2 is 2.18 bits per heavy atom. The van der Waals surface area contributed by atoms with Crippen LogP contribution >= 0.6 is 11.3 Å². The number of nitrogens with one attached hydrogen (secondary N) is 1. The average Bonchev–Trinajstić information content (AvgIpc) is 2.77. The van der Waals surface area contributed by atoms with Crippen molar-refractivity contribution in [2.75, 3.05) is 11.5 Å². The van der Waals surface area contributed by atoms with Crippen molar-refractivity contribution in [3.8, 4) is 0 Å². The van der Waals surface area contributed by atoms with Gasteiger partial charge in [-0.1, -0.05) is 11.3 Å². The summed E-state index contributed by atoms with van der Waals surface area (Å²) in [4.78, 5) is 11.1. The highest BCUT2D eigenvalue weighted by atomic mass is 32.2. The number of rotatable bonds is 4. The zero-order valence-electron chi connectivity index (χ0n) is 9.26. The van der Waals surface area contributed by atoms with E-state index in [1.54, 1.807) is 6.07 Å². The van der Waals surface area contributed by atoms with E-state index in [4.69, 9.17) is 0 Å². The van der Waals surface area contributed by atoms with Crippen molar-refractivity contribution in [1.82, 2.24) is 5.32 Å². The smallest absolute Gasteiger partial charge is 0.309 e. The third kappa shape index (κ3) is 3.58. The molecular weight excluding hydrogens is 260 g/mol. The van der Waals surface area contributed by atoms with Crippen molar-refractivity contribution in [1.29, 1.82) is 0 Å². The molecule has 1 aromatic rings. The van der Waals surface area contributed by atoms with Crippen LogP contribution in [0.4, 0.5) is 5.00 Å². The van der Waals surface area contributed by atoms with Gasteiger partial charge < -0.3 is 5.32 Å². The van der Waals surface area contributed by atoms with Crippen molar-refractivity contribution >= 4 is 27.1 Å².